The number of hydrogen-bond donors (Lipinski definition) is 2. The topological polar surface area (TPSA) is 93.4 Å². The summed E-state index contributed by atoms with van der Waals surface area (Å²) in [7, 11) is 1.82. The van der Waals surface area contributed by atoms with Gasteiger partial charge in [0.25, 0.3) is 0 Å². The van der Waals surface area contributed by atoms with E-state index >= 15 is 0 Å². The molecule has 0 aliphatic heterocycles. The maximum absolute atomic E-state index is 13.8. The highest BCUT2D eigenvalue weighted by molar-refractivity contribution is 6.28. The van der Waals surface area contributed by atoms with Crippen LogP contribution in [-0.4, -0.2) is 29.5 Å². The van der Waals surface area contributed by atoms with E-state index in [9.17, 15) is 8.78 Å². The Kier molecular flexibility index (Phi) is 4.70. The molecule has 0 spiro atoms. The molecule has 0 aliphatic rings. The number of hydrogen-bond acceptors (Lipinski definition) is 7. The number of rotatable bonds is 5. The molecule has 3 heterocycles. The Hall–Kier alpha value is -2.88. The third kappa shape index (κ3) is 4.15. The zero-order valence-electron chi connectivity index (χ0n) is 13.2. The molecule has 11 heteroatoms. The molecule has 2 N–H and O–H groups in total. The number of pyridine rings is 1. The normalized spacial score (nSPS) is 12.0. The summed E-state index contributed by atoms with van der Waals surface area (Å²) in [5, 5.41) is 5.67. The fourth-order valence-corrected chi connectivity index (χ4v) is 2.23. The minimum absolute atomic E-state index is 0.0252. The highest BCUT2D eigenvalue weighted by Crippen LogP contribution is 2.20. The molecule has 0 fully saturated rings. The highest BCUT2D eigenvalue weighted by Gasteiger charge is 2.16. The van der Waals surface area contributed by atoms with Crippen LogP contribution in [0.2, 0.25) is 5.28 Å². The molecular formula is C14H13ClF2N8. The van der Waals surface area contributed by atoms with E-state index < -0.39 is 17.7 Å². The Morgan fingerprint density at radius 1 is 1.16 bits per heavy atom. The van der Waals surface area contributed by atoms with Crippen LogP contribution in [0.1, 0.15) is 18.7 Å². The van der Waals surface area contributed by atoms with E-state index in [-0.39, 0.29) is 22.9 Å². The van der Waals surface area contributed by atoms with Gasteiger partial charge < -0.3 is 15.2 Å². The molecule has 3 aromatic heterocycles. The van der Waals surface area contributed by atoms with Gasteiger partial charge in [-0.25, -0.2) is 13.8 Å². The lowest BCUT2D eigenvalue weighted by atomic mass is 10.2. The van der Waals surface area contributed by atoms with Crippen molar-refractivity contribution in [3.05, 3.63) is 47.4 Å². The molecule has 8 nitrogen and oxygen atoms in total. The van der Waals surface area contributed by atoms with Crippen LogP contribution in [0.3, 0.4) is 0 Å². The van der Waals surface area contributed by atoms with E-state index in [1.165, 1.54) is 0 Å². The first-order valence-electron chi connectivity index (χ1n) is 7.15. The van der Waals surface area contributed by atoms with Gasteiger partial charge in [-0.3, -0.25) is 4.98 Å². The van der Waals surface area contributed by atoms with E-state index in [1.54, 1.807) is 24.0 Å². The molecule has 25 heavy (non-hydrogen) atoms. The van der Waals surface area contributed by atoms with Crippen molar-refractivity contribution in [2.75, 3.05) is 10.6 Å². The number of anilines is 3. The van der Waals surface area contributed by atoms with Crippen molar-refractivity contribution >= 4 is 29.3 Å². The van der Waals surface area contributed by atoms with Crippen molar-refractivity contribution in [3.8, 4) is 0 Å². The van der Waals surface area contributed by atoms with Gasteiger partial charge >= 0.3 is 0 Å². The second-order valence-corrected chi connectivity index (χ2v) is 5.53. The second kappa shape index (κ2) is 6.93. The lowest BCUT2D eigenvalue weighted by Gasteiger charge is -2.14. The van der Waals surface area contributed by atoms with Crippen LogP contribution in [0.4, 0.5) is 26.5 Å². The first kappa shape index (κ1) is 17.0. The zero-order valence-corrected chi connectivity index (χ0v) is 14.0. The van der Waals surface area contributed by atoms with Gasteiger partial charge in [-0.05, 0) is 18.5 Å². The number of nitrogens with zero attached hydrogens (tertiary/aromatic N) is 6. The maximum atomic E-state index is 13.8. The van der Waals surface area contributed by atoms with E-state index in [0.29, 0.717) is 5.82 Å². The van der Waals surface area contributed by atoms with Gasteiger partial charge in [0.1, 0.15) is 11.6 Å². The molecule has 0 bridgehead atoms. The molecule has 0 saturated carbocycles. The van der Waals surface area contributed by atoms with Crippen LogP contribution in [0.5, 0.6) is 0 Å². The van der Waals surface area contributed by atoms with Gasteiger partial charge in [-0.1, -0.05) is 0 Å². The van der Waals surface area contributed by atoms with Gasteiger partial charge in [0, 0.05) is 19.3 Å². The molecule has 1 atom stereocenters. The molecule has 0 aliphatic carbocycles. The summed E-state index contributed by atoms with van der Waals surface area (Å²) >= 11 is 5.90. The van der Waals surface area contributed by atoms with E-state index in [1.807, 2.05) is 7.05 Å². The van der Waals surface area contributed by atoms with E-state index in [2.05, 4.69) is 35.6 Å². The number of aromatic nitrogens is 6. The van der Waals surface area contributed by atoms with Gasteiger partial charge in [0.2, 0.25) is 17.2 Å². The first-order chi connectivity index (χ1) is 11.9. The summed E-state index contributed by atoms with van der Waals surface area (Å²) < 4.78 is 28.5. The third-order valence-electron chi connectivity index (χ3n) is 3.14. The van der Waals surface area contributed by atoms with Crippen molar-refractivity contribution in [3.63, 3.8) is 0 Å². The van der Waals surface area contributed by atoms with Crippen LogP contribution in [0, 0.1) is 11.6 Å². The zero-order chi connectivity index (χ0) is 18.0. The summed E-state index contributed by atoms with van der Waals surface area (Å²) in [6, 6.07) is 0.136. The Morgan fingerprint density at radius 3 is 2.60 bits per heavy atom. The largest absolute Gasteiger partial charge is 0.346 e. The fraction of sp³-hybridized carbons (Fsp3) is 0.214. The summed E-state index contributed by atoms with van der Waals surface area (Å²) in [5.41, 5.74) is 0.0252. The second-order valence-electron chi connectivity index (χ2n) is 5.19. The van der Waals surface area contributed by atoms with E-state index in [4.69, 9.17) is 11.6 Å². The van der Waals surface area contributed by atoms with Crippen LogP contribution in [-0.2, 0) is 7.05 Å². The quantitative estimate of drug-likeness (QED) is 0.717. The van der Waals surface area contributed by atoms with Crippen LogP contribution in [0.25, 0.3) is 0 Å². The molecule has 3 aromatic rings. The Bertz CT molecular complexity index is 900. The fourth-order valence-electron chi connectivity index (χ4n) is 2.07. The number of nitrogens with one attached hydrogen (secondary N) is 2. The van der Waals surface area contributed by atoms with Crippen molar-refractivity contribution < 1.29 is 8.78 Å². The number of aryl methyl sites for hydroxylation is 1. The summed E-state index contributed by atoms with van der Waals surface area (Å²) in [4.78, 5) is 19.9. The van der Waals surface area contributed by atoms with Crippen LogP contribution in [0.15, 0.2) is 24.8 Å². The molecule has 0 saturated heterocycles. The first-order valence-corrected chi connectivity index (χ1v) is 7.52. The lowest BCUT2D eigenvalue weighted by Crippen LogP contribution is -2.14. The minimum atomic E-state index is -0.771. The average Bonchev–Trinajstić information content (AvgIpc) is 2.91. The third-order valence-corrected chi connectivity index (χ3v) is 3.31. The standard InChI is InChI=1S/C14H13ClF2N8/c1-7(11-9(17)3-8(16)4-18-11)20-13-22-12(15)23-14(24-13)21-10-5-25(2)6-19-10/h3-7H,1-2H3,(H2,20,21,22,23,24)/t7-/m1/s1. The molecule has 0 radical (unpaired) electrons. The predicted octanol–water partition coefficient (Wildman–Crippen LogP) is 2.85. The Labute approximate surface area is 146 Å². The highest BCUT2D eigenvalue weighted by atomic mass is 35.5. The van der Waals surface area contributed by atoms with Gasteiger partial charge in [-0.15, -0.1) is 0 Å². The molecule has 0 aromatic carbocycles. The van der Waals surface area contributed by atoms with Crippen molar-refractivity contribution in [1.29, 1.82) is 0 Å². The van der Waals surface area contributed by atoms with Crippen molar-refractivity contribution in [2.45, 2.75) is 13.0 Å². The Morgan fingerprint density at radius 2 is 1.92 bits per heavy atom. The summed E-state index contributed by atoms with van der Waals surface area (Å²) in [6.45, 7) is 1.63. The predicted molar refractivity (Wildman–Crippen MR) is 87.5 cm³/mol. The molecule has 130 valence electrons. The van der Waals surface area contributed by atoms with E-state index in [0.717, 1.165) is 12.3 Å². The SMILES string of the molecule is C[C@@H](Nc1nc(Cl)nc(Nc2cn(C)cn2)n1)c1ncc(F)cc1F. The molecule has 3 rings (SSSR count). The molecule has 0 unspecified atom stereocenters. The number of halogens is 3. The maximum Gasteiger partial charge on any atom is 0.234 e. The van der Waals surface area contributed by atoms with Crippen molar-refractivity contribution in [2.24, 2.45) is 7.05 Å². The van der Waals surface area contributed by atoms with Gasteiger partial charge in [-0.2, -0.15) is 15.0 Å². The van der Waals surface area contributed by atoms with Crippen LogP contribution < -0.4 is 10.6 Å². The average molecular weight is 367 g/mol. The smallest absolute Gasteiger partial charge is 0.234 e. The van der Waals surface area contributed by atoms with Crippen LogP contribution >= 0.6 is 11.6 Å². The minimum Gasteiger partial charge on any atom is -0.346 e. The summed E-state index contributed by atoms with van der Waals surface area (Å²) in [6.07, 6.45) is 4.27. The molecule has 0 amide bonds. The Balaban J connectivity index is 1.80. The van der Waals surface area contributed by atoms with Gasteiger partial charge in [0.15, 0.2) is 5.82 Å². The van der Waals surface area contributed by atoms with Crippen molar-refractivity contribution in [1.82, 2.24) is 29.5 Å². The molecular weight excluding hydrogens is 354 g/mol. The lowest BCUT2D eigenvalue weighted by molar-refractivity contribution is 0.549. The monoisotopic (exact) mass is 366 g/mol. The number of imidazole rings is 1. The van der Waals surface area contributed by atoms with Gasteiger partial charge in [0.05, 0.1) is 24.3 Å². The summed E-state index contributed by atoms with van der Waals surface area (Å²) in [5.74, 6) is -0.724.